The van der Waals surface area contributed by atoms with Crippen molar-refractivity contribution >= 4 is 21.7 Å². The topological polar surface area (TPSA) is 134 Å². The Bertz CT molecular complexity index is 1450. The highest BCUT2D eigenvalue weighted by atomic mass is 32.2. The second kappa shape index (κ2) is 12.0. The minimum atomic E-state index is -4.32. The largest absolute Gasteiger partial charge is 0.493 e. The Kier molecular flexibility index (Phi) is 8.69. The predicted molar refractivity (Wildman–Crippen MR) is 145 cm³/mol. The Labute approximate surface area is 228 Å². The third-order valence-electron chi connectivity index (χ3n) is 6.40. The number of nitrogen functional groups attached to an aromatic ring is 1. The maximum absolute atomic E-state index is 14.5. The fraction of sp³-hybridized carbons (Fsp3) is 0.393. The van der Waals surface area contributed by atoms with E-state index in [0.717, 1.165) is 25.7 Å². The van der Waals surface area contributed by atoms with E-state index in [0.29, 0.717) is 23.6 Å². The molecule has 2 heterocycles. The molecule has 0 saturated heterocycles. The molecule has 1 aromatic carbocycles. The molecule has 2 aromatic heterocycles. The normalized spacial score (nSPS) is 17.6. The molecule has 9 nitrogen and oxygen atoms in total. The smallest absolute Gasteiger partial charge is 0.281 e. The van der Waals surface area contributed by atoms with E-state index in [-0.39, 0.29) is 35.2 Å². The van der Waals surface area contributed by atoms with Crippen molar-refractivity contribution in [1.82, 2.24) is 14.7 Å². The lowest BCUT2D eigenvalue weighted by Crippen LogP contribution is -2.33. The Morgan fingerprint density at radius 2 is 1.90 bits per heavy atom. The first-order valence-corrected chi connectivity index (χ1v) is 14.4. The Balaban J connectivity index is 1.69. The molecule has 4 rings (SSSR count). The molecule has 39 heavy (non-hydrogen) atoms. The molecular weight excluding hydrogens is 523 g/mol. The zero-order chi connectivity index (χ0) is 28.2. The van der Waals surface area contributed by atoms with Crippen LogP contribution in [0.1, 0.15) is 56.8 Å². The van der Waals surface area contributed by atoms with Gasteiger partial charge in [-0.2, -0.15) is 8.42 Å². The van der Waals surface area contributed by atoms with E-state index in [1.54, 1.807) is 6.07 Å². The summed E-state index contributed by atoms with van der Waals surface area (Å²) in [5.74, 6) is -0.649. The highest BCUT2D eigenvalue weighted by Gasteiger charge is 2.28. The third-order valence-corrected chi connectivity index (χ3v) is 7.63. The van der Waals surface area contributed by atoms with Gasteiger partial charge in [0.15, 0.2) is 5.03 Å². The summed E-state index contributed by atoms with van der Waals surface area (Å²) in [6, 6.07) is 11.3. The number of halogens is 1. The van der Waals surface area contributed by atoms with Crippen LogP contribution in [0.5, 0.6) is 11.6 Å². The van der Waals surface area contributed by atoms with E-state index in [2.05, 4.69) is 16.9 Å². The van der Waals surface area contributed by atoms with Crippen LogP contribution in [0.15, 0.2) is 53.6 Å². The molecule has 11 heteroatoms. The number of anilines is 1. The van der Waals surface area contributed by atoms with Gasteiger partial charge < -0.3 is 15.2 Å². The number of nitrogens with zero attached hydrogens (tertiary/aromatic N) is 2. The van der Waals surface area contributed by atoms with Gasteiger partial charge >= 0.3 is 0 Å². The maximum Gasteiger partial charge on any atom is 0.281 e. The molecule has 3 aromatic rings. The first kappa shape index (κ1) is 28.3. The number of amides is 1. The van der Waals surface area contributed by atoms with E-state index < -0.39 is 26.8 Å². The number of aromatic nitrogens is 2. The number of benzene rings is 1. The molecule has 2 atom stereocenters. The van der Waals surface area contributed by atoms with Crippen molar-refractivity contribution in [2.24, 2.45) is 11.8 Å². The average Bonchev–Trinajstić information content (AvgIpc) is 2.88. The molecule has 208 valence electrons. The first-order chi connectivity index (χ1) is 18.5. The summed E-state index contributed by atoms with van der Waals surface area (Å²) < 4.78 is 54.1. The van der Waals surface area contributed by atoms with Gasteiger partial charge in [0.05, 0.1) is 12.3 Å². The van der Waals surface area contributed by atoms with Crippen molar-refractivity contribution in [3.05, 3.63) is 59.9 Å². The number of sulfonamides is 1. The zero-order valence-electron chi connectivity index (χ0n) is 22.2. The molecular formula is C28H33FN4O5S. The van der Waals surface area contributed by atoms with Crippen LogP contribution < -0.4 is 19.9 Å². The standard InChI is InChI=1S/C28H33FN4O5S/c1-17(2)16-37-21-14-19(13-20(29)15-21)23-12-11-22(28(31-23)38-24-8-5-4-7-18(24)3)27(34)33-39(35,36)26-10-6-9-25(30)32-26/h6,9-15,17-18,24H,4-5,7-8,16H2,1-3H3,(H2,30,32)(H,33,34). The van der Waals surface area contributed by atoms with Crippen LogP contribution in [0.25, 0.3) is 11.3 Å². The van der Waals surface area contributed by atoms with Gasteiger partial charge in [0.1, 0.15) is 29.1 Å². The summed E-state index contributed by atoms with van der Waals surface area (Å²) in [6.45, 7) is 6.46. The second-order valence-corrected chi connectivity index (χ2v) is 11.8. The van der Waals surface area contributed by atoms with E-state index in [4.69, 9.17) is 15.2 Å². The lowest BCUT2D eigenvalue weighted by molar-refractivity contribution is 0.0897. The summed E-state index contributed by atoms with van der Waals surface area (Å²) in [4.78, 5) is 21.6. The van der Waals surface area contributed by atoms with E-state index in [9.17, 15) is 17.6 Å². The number of pyridine rings is 2. The van der Waals surface area contributed by atoms with Crippen molar-refractivity contribution in [3.8, 4) is 22.9 Å². The average molecular weight is 557 g/mol. The molecule has 1 fully saturated rings. The van der Waals surface area contributed by atoms with Crippen LogP contribution in [-0.2, 0) is 10.0 Å². The number of nitrogens with one attached hydrogen (secondary N) is 1. The lowest BCUT2D eigenvalue weighted by atomic mass is 9.88. The van der Waals surface area contributed by atoms with Gasteiger partial charge in [-0.15, -0.1) is 0 Å². The molecule has 0 spiro atoms. The van der Waals surface area contributed by atoms with Crippen molar-refractivity contribution in [1.29, 1.82) is 0 Å². The summed E-state index contributed by atoms with van der Waals surface area (Å²) in [5, 5.41) is -0.391. The minimum Gasteiger partial charge on any atom is -0.493 e. The Morgan fingerprint density at radius 1 is 1.13 bits per heavy atom. The van der Waals surface area contributed by atoms with Crippen molar-refractivity contribution in [2.45, 2.75) is 57.6 Å². The SMILES string of the molecule is CC(C)COc1cc(F)cc(-c2ccc(C(=O)NS(=O)(=O)c3cccc(N)n3)c(OC3CCCCC3C)n2)c1. The lowest BCUT2D eigenvalue weighted by Gasteiger charge is -2.29. The van der Waals surface area contributed by atoms with Gasteiger partial charge in [-0.05, 0) is 67.5 Å². The van der Waals surface area contributed by atoms with Gasteiger partial charge in [-0.25, -0.2) is 19.1 Å². The molecule has 0 aliphatic heterocycles. The van der Waals surface area contributed by atoms with Crippen LogP contribution in [0.2, 0.25) is 0 Å². The highest BCUT2D eigenvalue weighted by molar-refractivity contribution is 7.90. The number of hydrogen-bond donors (Lipinski definition) is 2. The summed E-state index contributed by atoms with van der Waals surface area (Å²) >= 11 is 0. The number of ether oxygens (including phenoxy) is 2. The fourth-order valence-corrected chi connectivity index (χ4v) is 5.27. The number of hydrogen-bond acceptors (Lipinski definition) is 8. The molecule has 3 N–H and O–H groups in total. The third kappa shape index (κ3) is 7.23. The van der Waals surface area contributed by atoms with Crippen LogP contribution in [0, 0.1) is 17.7 Å². The molecule has 0 radical (unpaired) electrons. The van der Waals surface area contributed by atoms with Gasteiger partial charge in [0.25, 0.3) is 15.9 Å². The van der Waals surface area contributed by atoms with E-state index in [1.165, 1.54) is 42.5 Å². The van der Waals surface area contributed by atoms with Crippen molar-refractivity contribution in [3.63, 3.8) is 0 Å². The maximum atomic E-state index is 14.5. The Hall–Kier alpha value is -3.73. The molecule has 1 saturated carbocycles. The monoisotopic (exact) mass is 556 g/mol. The number of carbonyl (C=O) groups is 1. The predicted octanol–water partition coefficient (Wildman–Crippen LogP) is 4.98. The molecule has 2 unspecified atom stereocenters. The number of carbonyl (C=O) groups excluding carboxylic acids is 1. The van der Waals surface area contributed by atoms with Crippen LogP contribution in [-0.4, -0.2) is 37.0 Å². The number of rotatable bonds is 9. The van der Waals surface area contributed by atoms with Gasteiger partial charge in [-0.1, -0.05) is 33.3 Å². The molecule has 1 amide bonds. The van der Waals surface area contributed by atoms with Gasteiger partial charge in [0, 0.05) is 11.6 Å². The van der Waals surface area contributed by atoms with Crippen LogP contribution in [0.3, 0.4) is 0 Å². The van der Waals surface area contributed by atoms with Crippen molar-refractivity contribution < 1.29 is 27.1 Å². The second-order valence-electron chi connectivity index (χ2n) is 10.2. The highest BCUT2D eigenvalue weighted by Crippen LogP contribution is 2.32. The molecule has 0 bridgehead atoms. The van der Waals surface area contributed by atoms with Gasteiger partial charge in [0.2, 0.25) is 5.88 Å². The summed E-state index contributed by atoms with van der Waals surface area (Å²) in [5.41, 5.74) is 6.31. The molecule has 1 aliphatic rings. The van der Waals surface area contributed by atoms with E-state index in [1.807, 2.05) is 18.6 Å². The minimum absolute atomic E-state index is 0.00140. The Morgan fingerprint density at radius 3 is 2.62 bits per heavy atom. The van der Waals surface area contributed by atoms with E-state index >= 15 is 0 Å². The summed E-state index contributed by atoms with van der Waals surface area (Å²) in [6.07, 6.45) is 3.56. The quantitative estimate of drug-likeness (QED) is 0.377. The van der Waals surface area contributed by atoms with Crippen LogP contribution >= 0.6 is 0 Å². The van der Waals surface area contributed by atoms with Crippen molar-refractivity contribution in [2.75, 3.05) is 12.3 Å². The zero-order valence-corrected chi connectivity index (χ0v) is 23.0. The van der Waals surface area contributed by atoms with Gasteiger partial charge in [-0.3, -0.25) is 4.79 Å². The molecule has 1 aliphatic carbocycles. The summed E-state index contributed by atoms with van der Waals surface area (Å²) in [7, 11) is -4.32. The first-order valence-electron chi connectivity index (χ1n) is 12.9. The number of nitrogens with two attached hydrogens (primary N) is 1. The fourth-order valence-electron chi connectivity index (χ4n) is 4.33. The van der Waals surface area contributed by atoms with Crippen LogP contribution in [0.4, 0.5) is 10.2 Å².